The lowest BCUT2D eigenvalue weighted by Crippen LogP contribution is -2.51. The summed E-state index contributed by atoms with van der Waals surface area (Å²) >= 11 is 0. The fourth-order valence-corrected chi connectivity index (χ4v) is 6.78. The molecule has 1 unspecified atom stereocenters. The Morgan fingerprint density at radius 1 is 0.754 bits per heavy atom. The minimum Gasteiger partial charge on any atom is -0.491 e. The van der Waals surface area contributed by atoms with Crippen molar-refractivity contribution in [3.63, 3.8) is 0 Å². The molecule has 7 rings (SSSR count). The average molecular weight is 786 g/mol. The van der Waals surface area contributed by atoms with E-state index in [0.29, 0.717) is 92.9 Å². The largest absolute Gasteiger partial charge is 0.491 e. The standard InChI is InChI=1S/C41H41F2N5O9/c1-25-3-7-33(39(49)46-25)48-40(50)28-6-5-27(21-30(28)41(48)51)56-19-17-54-15-13-52-11-12-53-14-16-55-18-20-57-35-8-4-26(23-45-35)29-22-34-36(38(43)37(29)42)31-24-44-10-9-32(31)47(34)2/h4-6,8-10,21-24,33H,1,3,7,11-20H2,2H3,(H,46,49). The molecule has 0 saturated carbocycles. The quantitative estimate of drug-likeness (QED) is 0.0892. The average Bonchev–Trinajstić information content (AvgIpc) is 3.64. The van der Waals surface area contributed by atoms with E-state index in [-0.39, 0.29) is 41.9 Å². The van der Waals surface area contributed by atoms with Gasteiger partial charge < -0.3 is 38.3 Å². The van der Waals surface area contributed by atoms with Gasteiger partial charge in [0.15, 0.2) is 11.6 Å². The molecule has 1 N–H and O–H groups in total. The molecule has 0 bridgehead atoms. The van der Waals surface area contributed by atoms with Crippen LogP contribution in [0.5, 0.6) is 11.6 Å². The van der Waals surface area contributed by atoms with Gasteiger partial charge in [-0.15, -0.1) is 0 Å². The first-order valence-corrected chi connectivity index (χ1v) is 18.5. The molecule has 2 aliphatic rings. The lowest BCUT2D eigenvalue weighted by atomic mass is 10.0. The molecule has 2 aliphatic heterocycles. The Kier molecular flexibility index (Phi) is 12.4. The number of ether oxygens (including phenoxy) is 6. The second kappa shape index (κ2) is 18.0. The second-order valence-electron chi connectivity index (χ2n) is 13.3. The van der Waals surface area contributed by atoms with Crippen LogP contribution in [0.4, 0.5) is 8.78 Å². The number of amides is 3. The molecular weight excluding hydrogens is 744 g/mol. The van der Waals surface area contributed by atoms with Crippen LogP contribution in [0.3, 0.4) is 0 Å². The Labute approximate surface area is 326 Å². The molecule has 0 spiro atoms. The summed E-state index contributed by atoms with van der Waals surface area (Å²) in [5.74, 6) is -2.57. The predicted octanol–water partition coefficient (Wildman–Crippen LogP) is 4.98. The molecule has 3 aromatic heterocycles. The summed E-state index contributed by atoms with van der Waals surface area (Å²) in [5.41, 5.74) is 2.84. The maximum atomic E-state index is 15.2. The smallest absolute Gasteiger partial charge is 0.262 e. The third-order valence-electron chi connectivity index (χ3n) is 9.64. The van der Waals surface area contributed by atoms with Crippen LogP contribution in [-0.4, -0.2) is 109 Å². The van der Waals surface area contributed by atoms with Crippen LogP contribution in [0, 0.1) is 11.6 Å². The highest BCUT2D eigenvalue weighted by Crippen LogP contribution is 2.36. The molecule has 2 aromatic carbocycles. The molecule has 1 saturated heterocycles. The van der Waals surface area contributed by atoms with Gasteiger partial charge in [0.05, 0.1) is 75.0 Å². The Bertz CT molecular complexity index is 2300. The zero-order chi connectivity index (χ0) is 39.9. The number of hydrogen-bond donors (Lipinski definition) is 1. The van der Waals surface area contributed by atoms with Gasteiger partial charge in [0.2, 0.25) is 11.8 Å². The van der Waals surface area contributed by atoms with Crippen molar-refractivity contribution in [2.75, 3.05) is 66.1 Å². The van der Waals surface area contributed by atoms with Gasteiger partial charge >= 0.3 is 0 Å². The molecule has 14 nitrogen and oxygen atoms in total. The highest BCUT2D eigenvalue weighted by molar-refractivity contribution is 6.23. The van der Waals surface area contributed by atoms with Crippen molar-refractivity contribution in [2.45, 2.75) is 18.9 Å². The maximum absolute atomic E-state index is 15.2. The number of fused-ring (bicyclic) bond motifs is 4. The number of allylic oxidation sites excluding steroid dienone is 1. The van der Waals surface area contributed by atoms with Crippen LogP contribution in [0.1, 0.15) is 33.6 Å². The first-order chi connectivity index (χ1) is 27.7. The summed E-state index contributed by atoms with van der Waals surface area (Å²) in [7, 11) is 1.80. The summed E-state index contributed by atoms with van der Waals surface area (Å²) in [4.78, 5) is 47.6. The van der Waals surface area contributed by atoms with Gasteiger partial charge in [-0.3, -0.25) is 24.3 Å². The number of hydrogen-bond acceptors (Lipinski definition) is 11. The monoisotopic (exact) mass is 785 g/mol. The lowest BCUT2D eigenvalue weighted by molar-refractivity contribution is -0.125. The molecule has 1 atom stereocenters. The summed E-state index contributed by atoms with van der Waals surface area (Å²) in [6.07, 6.45) is 5.42. The number of halogens is 2. The number of nitrogens with zero attached hydrogens (tertiary/aromatic N) is 4. The summed E-state index contributed by atoms with van der Waals surface area (Å²) in [5, 5.41) is 3.36. The van der Waals surface area contributed by atoms with E-state index in [9.17, 15) is 14.4 Å². The third kappa shape index (κ3) is 8.63. The van der Waals surface area contributed by atoms with Crippen LogP contribution in [0.15, 0.2) is 73.3 Å². The molecular formula is C41H41F2N5O9. The van der Waals surface area contributed by atoms with Crippen molar-refractivity contribution in [3.8, 4) is 22.8 Å². The second-order valence-corrected chi connectivity index (χ2v) is 13.3. The minimum absolute atomic E-state index is 0.102. The number of rotatable bonds is 19. The molecule has 0 aliphatic carbocycles. The van der Waals surface area contributed by atoms with Crippen LogP contribution >= 0.6 is 0 Å². The summed E-state index contributed by atoms with van der Waals surface area (Å²) < 4.78 is 65.6. The van der Waals surface area contributed by atoms with E-state index in [2.05, 4.69) is 21.9 Å². The van der Waals surface area contributed by atoms with Crippen molar-refractivity contribution >= 4 is 39.5 Å². The number of aromatic nitrogens is 3. The van der Waals surface area contributed by atoms with Crippen LogP contribution in [-0.2, 0) is 30.8 Å². The van der Waals surface area contributed by atoms with E-state index in [0.717, 1.165) is 10.4 Å². The number of pyridine rings is 2. The summed E-state index contributed by atoms with van der Waals surface area (Å²) in [6.45, 7) is 6.99. The topological polar surface area (TPSA) is 153 Å². The van der Waals surface area contributed by atoms with E-state index in [4.69, 9.17) is 28.4 Å². The highest BCUT2D eigenvalue weighted by Gasteiger charge is 2.44. The first-order valence-electron chi connectivity index (χ1n) is 18.5. The molecule has 5 aromatic rings. The number of carbonyl (C=O) groups is 3. The summed E-state index contributed by atoms with van der Waals surface area (Å²) in [6, 6.07) is 10.4. The molecule has 16 heteroatoms. The minimum atomic E-state index is -0.950. The van der Waals surface area contributed by atoms with Crippen molar-refractivity contribution < 1.29 is 51.6 Å². The highest BCUT2D eigenvalue weighted by atomic mass is 19.2. The Hall–Kier alpha value is -5.81. The fraction of sp³-hybridized carbons (Fsp3) is 0.341. The van der Waals surface area contributed by atoms with Gasteiger partial charge in [0.25, 0.3) is 11.8 Å². The Balaban J connectivity index is 0.709. The Morgan fingerprint density at radius 2 is 1.42 bits per heavy atom. The maximum Gasteiger partial charge on any atom is 0.262 e. The van der Waals surface area contributed by atoms with Crippen molar-refractivity contribution in [1.29, 1.82) is 0 Å². The zero-order valence-electron chi connectivity index (χ0n) is 31.3. The molecule has 1 fully saturated rings. The normalized spacial score (nSPS) is 15.5. The molecule has 0 radical (unpaired) electrons. The van der Waals surface area contributed by atoms with Crippen molar-refractivity contribution in [3.05, 3.63) is 96.1 Å². The van der Waals surface area contributed by atoms with E-state index >= 15 is 8.78 Å². The predicted molar refractivity (Wildman–Crippen MR) is 203 cm³/mol. The van der Waals surface area contributed by atoms with E-state index in [1.807, 2.05) is 4.57 Å². The van der Waals surface area contributed by atoms with E-state index in [1.165, 1.54) is 24.5 Å². The zero-order valence-corrected chi connectivity index (χ0v) is 31.3. The van der Waals surface area contributed by atoms with Gasteiger partial charge in [-0.2, -0.15) is 0 Å². The van der Waals surface area contributed by atoms with Crippen LogP contribution in [0.2, 0.25) is 0 Å². The number of piperidine rings is 1. The molecule has 298 valence electrons. The van der Waals surface area contributed by atoms with Gasteiger partial charge in [-0.1, -0.05) is 6.58 Å². The van der Waals surface area contributed by atoms with Gasteiger partial charge in [-0.05, 0) is 49.2 Å². The van der Waals surface area contributed by atoms with E-state index in [1.54, 1.807) is 43.6 Å². The Morgan fingerprint density at radius 3 is 2.09 bits per heavy atom. The molecule has 57 heavy (non-hydrogen) atoms. The van der Waals surface area contributed by atoms with Gasteiger partial charge in [-0.25, -0.2) is 13.8 Å². The molecule has 5 heterocycles. The fourth-order valence-electron chi connectivity index (χ4n) is 6.78. The lowest BCUT2D eigenvalue weighted by Gasteiger charge is -2.29. The van der Waals surface area contributed by atoms with E-state index < -0.39 is 35.4 Å². The van der Waals surface area contributed by atoms with Crippen molar-refractivity contribution in [2.24, 2.45) is 7.05 Å². The van der Waals surface area contributed by atoms with Crippen LogP contribution < -0.4 is 14.8 Å². The third-order valence-corrected chi connectivity index (χ3v) is 9.64. The van der Waals surface area contributed by atoms with Gasteiger partial charge in [0, 0.05) is 59.3 Å². The van der Waals surface area contributed by atoms with Gasteiger partial charge in [0.1, 0.15) is 25.0 Å². The SMILES string of the molecule is C=C1CCC(N2C(=O)c3ccc(OCCOCCOCCOCCOCCOc4ccc(-c5cc6c(c(F)c5F)c5cnccc5n6C)cn4)cc3C2=O)C(=O)N1. The number of nitrogens with one attached hydrogen (secondary N) is 1. The number of benzene rings is 2. The molecule has 3 amide bonds. The van der Waals surface area contributed by atoms with Crippen LogP contribution in [0.25, 0.3) is 32.9 Å². The number of aryl methyl sites for hydroxylation is 1. The number of imide groups is 1. The van der Waals surface area contributed by atoms with Crippen molar-refractivity contribution in [1.82, 2.24) is 24.8 Å². The number of carbonyl (C=O) groups excluding carboxylic acids is 3. The first kappa shape index (κ1) is 39.4.